The lowest BCUT2D eigenvalue weighted by Gasteiger charge is -2.20. The van der Waals surface area contributed by atoms with Gasteiger partial charge < -0.3 is 20.3 Å². The standard InChI is InChI=1S/C69H131NO5/c1-3-5-7-9-11-13-15-17-18-34-38-41-45-49-53-57-61-67(72)66(65-71)70-68(73)62-58-54-50-46-42-39-35-32-30-28-26-24-22-20-19-21-23-25-27-29-31-33-36-40-44-48-52-56-60-64-75-69(74)63-59-55-51-47-43-37-16-14-12-10-8-6-4-2/h8,10,14,16,57,61,66-67,71-72H,3-7,9,11-13,15,17-56,58-60,62-65H2,1-2H3,(H,70,73)/b10-8-,16-14-,61-57+. The van der Waals surface area contributed by atoms with Crippen molar-refractivity contribution in [2.75, 3.05) is 13.2 Å². The second-order valence-electron chi connectivity index (χ2n) is 23.2. The van der Waals surface area contributed by atoms with Crippen LogP contribution in [0.2, 0.25) is 0 Å². The first-order valence-electron chi connectivity index (χ1n) is 33.8. The summed E-state index contributed by atoms with van der Waals surface area (Å²) in [4.78, 5) is 24.5. The minimum atomic E-state index is -0.842. The quantitative estimate of drug-likeness (QED) is 0.0320. The summed E-state index contributed by atoms with van der Waals surface area (Å²) in [6.07, 6.45) is 82.2. The molecular formula is C69H131NO5. The fourth-order valence-electron chi connectivity index (χ4n) is 10.5. The van der Waals surface area contributed by atoms with Crippen molar-refractivity contribution in [3.63, 3.8) is 0 Å². The lowest BCUT2D eigenvalue weighted by molar-refractivity contribution is -0.143. The van der Waals surface area contributed by atoms with E-state index in [9.17, 15) is 19.8 Å². The van der Waals surface area contributed by atoms with E-state index in [2.05, 4.69) is 43.5 Å². The second kappa shape index (κ2) is 64.6. The van der Waals surface area contributed by atoms with Gasteiger partial charge in [0.05, 0.1) is 25.4 Å². The molecule has 0 aromatic carbocycles. The van der Waals surface area contributed by atoms with Gasteiger partial charge in [0, 0.05) is 12.8 Å². The van der Waals surface area contributed by atoms with E-state index < -0.39 is 12.1 Å². The number of ether oxygens (including phenoxy) is 1. The number of amides is 1. The minimum absolute atomic E-state index is 0.00387. The number of nitrogens with one attached hydrogen (secondary N) is 1. The first-order valence-corrected chi connectivity index (χ1v) is 33.8. The Morgan fingerprint density at radius 3 is 1.07 bits per heavy atom. The Balaban J connectivity index is 3.36. The van der Waals surface area contributed by atoms with Crippen LogP contribution in [0.1, 0.15) is 367 Å². The van der Waals surface area contributed by atoms with Gasteiger partial charge >= 0.3 is 5.97 Å². The van der Waals surface area contributed by atoms with Crippen LogP contribution in [-0.4, -0.2) is 47.4 Å². The second-order valence-corrected chi connectivity index (χ2v) is 23.2. The summed E-state index contributed by atoms with van der Waals surface area (Å²) < 4.78 is 5.48. The van der Waals surface area contributed by atoms with Crippen molar-refractivity contribution in [1.82, 2.24) is 5.32 Å². The Kier molecular flexibility index (Phi) is 63.0. The third kappa shape index (κ3) is 61.2. The molecule has 442 valence electrons. The maximum absolute atomic E-state index is 12.5. The summed E-state index contributed by atoms with van der Waals surface area (Å²) in [5.74, 6) is -0.0584. The van der Waals surface area contributed by atoms with Crippen LogP contribution in [0.4, 0.5) is 0 Å². The third-order valence-electron chi connectivity index (χ3n) is 15.6. The van der Waals surface area contributed by atoms with Gasteiger partial charge in [0.15, 0.2) is 0 Å². The largest absolute Gasteiger partial charge is 0.466 e. The maximum atomic E-state index is 12.5. The molecule has 0 bridgehead atoms. The topological polar surface area (TPSA) is 95.9 Å². The van der Waals surface area contributed by atoms with Crippen molar-refractivity contribution >= 4 is 11.9 Å². The zero-order valence-corrected chi connectivity index (χ0v) is 50.5. The SMILES string of the molecule is CCC/C=C\C/C=C\CCCCCCCC(=O)OCCCCCCCCCCCCCCCCCCCCCCCCCCCCCCCC(=O)NC(CO)C(O)/C=C/CCCCCCCCCCCCCCCC. The molecule has 6 heteroatoms. The molecule has 0 aliphatic rings. The molecule has 6 nitrogen and oxygen atoms in total. The van der Waals surface area contributed by atoms with Crippen molar-refractivity contribution in [2.45, 2.75) is 379 Å². The number of carbonyl (C=O) groups is 2. The number of hydrogen-bond donors (Lipinski definition) is 3. The van der Waals surface area contributed by atoms with Gasteiger partial charge in [-0.05, 0) is 57.8 Å². The van der Waals surface area contributed by atoms with E-state index >= 15 is 0 Å². The van der Waals surface area contributed by atoms with Crippen LogP contribution < -0.4 is 5.32 Å². The average Bonchev–Trinajstić information content (AvgIpc) is 3.41. The molecule has 0 aromatic heterocycles. The van der Waals surface area contributed by atoms with Crippen molar-refractivity contribution in [3.8, 4) is 0 Å². The first-order chi connectivity index (χ1) is 37.0. The van der Waals surface area contributed by atoms with Crippen molar-refractivity contribution in [3.05, 3.63) is 36.5 Å². The normalized spacial score (nSPS) is 12.7. The Hall–Kier alpha value is -1.92. The summed E-state index contributed by atoms with van der Waals surface area (Å²) >= 11 is 0. The number of hydrogen-bond acceptors (Lipinski definition) is 5. The number of aliphatic hydroxyl groups is 2. The zero-order chi connectivity index (χ0) is 54.3. The molecule has 2 atom stereocenters. The highest BCUT2D eigenvalue weighted by Crippen LogP contribution is 2.18. The van der Waals surface area contributed by atoms with Gasteiger partial charge in [-0.1, -0.05) is 333 Å². The van der Waals surface area contributed by atoms with E-state index in [1.165, 1.54) is 289 Å². The molecule has 0 aliphatic carbocycles. The van der Waals surface area contributed by atoms with Crippen LogP contribution in [0.25, 0.3) is 0 Å². The number of esters is 1. The molecule has 0 saturated carbocycles. The number of aliphatic hydroxyl groups excluding tert-OH is 2. The van der Waals surface area contributed by atoms with Crippen LogP contribution in [0, 0.1) is 0 Å². The van der Waals surface area contributed by atoms with Crippen LogP contribution in [-0.2, 0) is 14.3 Å². The molecule has 1 amide bonds. The molecule has 0 spiro atoms. The molecule has 3 N–H and O–H groups in total. The van der Waals surface area contributed by atoms with E-state index in [1.807, 2.05) is 6.08 Å². The van der Waals surface area contributed by atoms with Crippen LogP contribution in [0.3, 0.4) is 0 Å². The van der Waals surface area contributed by atoms with Crippen LogP contribution in [0.15, 0.2) is 36.5 Å². The summed E-state index contributed by atoms with van der Waals surface area (Å²) in [7, 11) is 0. The number of allylic oxidation sites excluding steroid dienone is 5. The van der Waals surface area contributed by atoms with Gasteiger partial charge in [0.25, 0.3) is 0 Å². The molecule has 0 fully saturated rings. The van der Waals surface area contributed by atoms with E-state index in [0.717, 1.165) is 51.4 Å². The Morgan fingerprint density at radius 1 is 0.373 bits per heavy atom. The summed E-state index contributed by atoms with van der Waals surface area (Å²) in [6.45, 7) is 4.86. The van der Waals surface area contributed by atoms with Gasteiger partial charge in [0.2, 0.25) is 5.91 Å². The van der Waals surface area contributed by atoms with Gasteiger partial charge in [-0.15, -0.1) is 0 Å². The predicted molar refractivity (Wildman–Crippen MR) is 329 cm³/mol. The molecule has 0 radical (unpaired) electrons. The average molecular weight is 1050 g/mol. The van der Waals surface area contributed by atoms with Crippen molar-refractivity contribution in [1.29, 1.82) is 0 Å². The summed E-state index contributed by atoms with van der Waals surface area (Å²) in [5.41, 5.74) is 0. The Morgan fingerprint density at radius 2 is 0.693 bits per heavy atom. The third-order valence-corrected chi connectivity index (χ3v) is 15.6. The molecule has 0 rings (SSSR count). The molecule has 0 aromatic rings. The number of carbonyl (C=O) groups excluding carboxylic acids is 2. The van der Waals surface area contributed by atoms with Gasteiger partial charge in [0.1, 0.15) is 0 Å². The molecule has 0 saturated heterocycles. The first kappa shape index (κ1) is 73.1. The lowest BCUT2D eigenvalue weighted by Crippen LogP contribution is -2.45. The van der Waals surface area contributed by atoms with Crippen LogP contribution in [0.5, 0.6) is 0 Å². The molecule has 2 unspecified atom stereocenters. The van der Waals surface area contributed by atoms with E-state index in [-0.39, 0.29) is 18.5 Å². The highest BCUT2D eigenvalue weighted by Gasteiger charge is 2.18. The van der Waals surface area contributed by atoms with Gasteiger partial charge in [-0.2, -0.15) is 0 Å². The fourth-order valence-corrected chi connectivity index (χ4v) is 10.5. The molecular weight excluding hydrogens is 923 g/mol. The highest BCUT2D eigenvalue weighted by atomic mass is 16.5. The minimum Gasteiger partial charge on any atom is -0.466 e. The highest BCUT2D eigenvalue weighted by molar-refractivity contribution is 5.76. The summed E-state index contributed by atoms with van der Waals surface area (Å²) in [6, 6.07) is -0.625. The van der Waals surface area contributed by atoms with E-state index in [0.29, 0.717) is 19.4 Å². The Bertz CT molecular complexity index is 1210. The van der Waals surface area contributed by atoms with Crippen molar-refractivity contribution < 1.29 is 24.5 Å². The van der Waals surface area contributed by atoms with E-state index in [4.69, 9.17) is 4.74 Å². The molecule has 75 heavy (non-hydrogen) atoms. The number of rotatable bonds is 63. The molecule has 0 heterocycles. The lowest BCUT2D eigenvalue weighted by atomic mass is 10.0. The van der Waals surface area contributed by atoms with Gasteiger partial charge in [-0.25, -0.2) is 0 Å². The zero-order valence-electron chi connectivity index (χ0n) is 50.5. The maximum Gasteiger partial charge on any atom is 0.305 e. The fraction of sp³-hybridized carbons (Fsp3) is 0.884. The summed E-state index contributed by atoms with van der Waals surface area (Å²) in [5, 5.41) is 23.2. The van der Waals surface area contributed by atoms with Gasteiger partial charge in [-0.3, -0.25) is 9.59 Å². The monoisotopic (exact) mass is 1050 g/mol. The Labute approximate surface area is 468 Å². The van der Waals surface area contributed by atoms with Crippen LogP contribution >= 0.6 is 0 Å². The smallest absolute Gasteiger partial charge is 0.305 e. The predicted octanol–water partition coefficient (Wildman–Crippen LogP) is 21.5. The number of unbranched alkanes of at least 4 members (excludes halogenated alkanes) is 48. The van der Waals surface area contributed by atoms with E-state index in [1.54, 1.807) is 6.08 Å². The molecule has 0 aliphatic heterocycles. The van der Waals surface area contributed by atoms with Crippen molar-refractivity contribution in [2.24, 2.45) is 0 Å².